The number of nitrogens with zero attached hydrogens (tertiary/aromatic N) is 1. The number of amides is 1. The van der Waals surface area contributed by atoms with E-state index in [1.165, 1.54) is 0 Å². The number of carboxylic acids is 1. The summed E-state index contributed by atoms with van der Waals surface area (Å²) in [5, 5.41) is 13.2. The number of aliphatic carboxylic acids is 1. The second kappa shape index (κ2) is 14.1. The molecule has 222 valence electrons. The topological polar surface area (TPSA) is 112 Å². The van der Waals surface area contributed by atoms with Crippen LogP contribution in [0.2, 0.25) is 0 Å². The third kappa shape index (κ3) is 7.53. The summed E-state index contributed by atoms with van der Waals surface area (Å²) in [6.07, 6.45) is 12.4. The van der Waals surface area contributed by atoms with Crippen molar-refractivity contribution in [2.75, 3.05) is 39.5 Å². The standard InChI is InChI=1S/C30H52N4O5/c1-20-18-21(10-11-27(20)39-17-14-34-12-15-38-16-13-34)26-19-28(33-32-26)31-29(35)24-8-4-2-6-22(24)23-7-3-5-9-25(23)30(36)37/h20-28,32-33H,2-19H2,1H3,(H,31,35)(H,36,37). The van der Waals surface area contributed by atoms with E-state index in [2.05, 4.69) is 28.0 Å². The molecule has 5 fully saturated rings. The number of carbonyl (C=O) groups excluding carboxylic acids is 1. The lowest BCUT2D eigenvalue weighted by atomic mass is 9.64. The Morgan fingerprint density at radius 2 is 1.62 bits per heavy atom. The van der Waals surface area contributed by atoms with Crippen molar-refractivity contribution in [2.24, 2.45) is 35.5 Å². The normalized spacial score (nSPS) is 40.3. The number of ether oxygens (including phenoxy) is 2. The summed E-state index contributed by atoms with van der Waals surface area (Å²) < 4.78 is 11.8. The van der Waals surface area contributed by atoms with Crippen LogP contribution in [0.15, 0.2) is 0 Å². The molecule has 0 bridgehead atoms. The number of carbonyl (C=O) groups is 2. The molecule has 2 saturated heterocycles. The predicted molar refractivity (Wildman–Crippen MR) is 149 cm³/mol. The van der Waals surface area contributed by atoms with Crippen molar-refractivity contribution in [3.63, 3.8) is 0 Å². The molecule has 0 spiro atoms. The summed E-state index contributed by atoms with van der Waals surface area (Å²) in [5.41, 5.74) is 6.87. The second-order valence-electron chi connectivity index (χ2n) is 13.1. The zero-order chi connectivity index (χ0) is 27.2. The van der Waals surface area contributed by atoms with E-state index in [1.807, 2.05) is 0 Å². The number of hydrogen-bond acceptors (Lipinski definition) is 7. The quantitative estimate of drug-likeness (QED) is 0.348. The van der Waals surface area contributed by atoms with Gasteiger partial charge in [-0.3, -0.25) is 19.9 Å². The van der Waals surface area contributed by atoms with Crippen LogP contribution in [-0.2, 0) is 19.1 Å². The van der Waals surface area contributed by atoms with Gasteiger partial charge in [0.05, 0.1) is 38.0 Å². The van der Waals surface area contributed by atoms with Gasteiger partial charge in [0, 0.05) is 31.6 Å². The van der Waals surface area contributed by atoms with E-state index in [9.17, 15) is 14.7 Å². The summed E-state index contributed by atoms with van der Waals surface area (Å²) in [6, 6.07) is 0.351. The van der Waals surface area contributed by atoms with Gasteiger partial charge in [0.1, 0.15) is 0 Å². The fraction of sp³-hybridized carbons (Fsp3) is 0.933. The number of morpholine rings is 1. The molecular formula is C30H52N4O5. The van der Waals surface area contributed by atoms with Crippen LogP contribution >= 0.6 is 0 Å². The van der Waals surface area contributed by atoms with Crippen molar-refractivity contribution < 1.29 is 24.2 Å². The van der Waals surface area contributed by atoms with Crippen LogP contribution in [0.3, 0.4) is 0 Å². The zero-order valence-electron chi connectivity index (χ0n) is 24.0. The van der Waals surface area contributed by atoms with Gasteiger partial charge in [-0.2, -0.15) is 0 Å². The van der Waals surface area contributed by atoms with E-state index in [0.29, 0.717) is 24.0 Å². The molecule has 5 aliphatic rings. The van der Waals surface area contributed by atoms with Gasteiger partial charge in [-0.25, -0.2) is 5.43 Å². The molecule has 0 aromatic rings. The molecule has 4 N–H and O–H groups in total. The first-order chi connectivity index (χ1) is 19.0. The molecule has 0 aromatic heterocycles. The van der Waals surface area contributed by atoms with Crippen molar-refractivity contribution in [2.45, 2.75) is 102 Å². The smallest absolute Gasteiger partial charge is 0.306 e. The van der Waals surface area contributed by atoms with Gasteiger partial charge in [-0.05, 0) is 75.0 Å². The SMILES string of the molecule is CC1CC(C2CC(NC(=O)C3CCCCC3C3CCCCC3C(=O)O)NN2)CCC1OCCN1CCOCC1. The van der Waals surface area contributed by atoms with Crippen molar-refractivity contribution in [3.05, 3.63) is 0 Å². The van der Waals surface area contributed by atoms with Crippen LogP contribution in [0, 0.1) is 35.5 Å². The summed E-state index contributed by atoms with van der Waals surface area (Å²) in [4.78, 5) is 27.9. The number of nitrogens with one attached hydrogen (secondary N) is 3. The first-order valence-corrected chi connectivity index (χ1v) is 16.0. The van der Waals surface area contributed by atoms with E-state index in [-0.39, 0.29) is 35.7 Å². The molecule has 9 nitrogen and oxygen atoms in total. The van der Waals surface area contributed by atoms with Crippen LogP contribution in [0.5, 0.6) is 0 Å². The first kappa shape index (κ1) is 29.2. The molecule has 1 amide bonds. The van der Waals surface area contributed by atoms with E-state index in [0.717, 1.165) is 117 Å². The maximum absolute atomic E-state index is 13.5. The first-order valence-electron chi connectivity index (χ1n) is 16.0. The van der Waals surface area contributed by atoms with Crippen LogP contribution in [0.4, 0.5) is 0 Å². The minimum Gasteiger partial charge on any atom is -0.481 e. The summed E-state index contributed by atoms with van der Waals surface area (Å²) in [6.45, 7) is 7.80. The monoisotopic (exact) mass is 548 g/mol. The molecule has 9 atom stereocenters. The van der Waals surface area contributed by atoms with Gasteiger partial charge in [0.15, 0.2) is 0 Å². The van der Waals surface area contributed by atoms with E-state index in [1.54, 1.807) is 0 Å². The average Bonchev–Trinajstić information content (AvgIpc) is 3.43. The van der Waals surface area contributed by atoms with Crippen LogP contribution in [-0.4, -0.2) is 79.6 Å². The fourth-order valence-corrected chi connectivity index (χ4v) is 8.42. The zero-order valence-corrected chi connectivity index (χ0v) is 24.0. The predicted octanol–water partition coefficient (Wildman–Crippen LogP) is 3.15. The molecule has 3 saturated carbocycles. The highest BCUT2D eigenvalue weighted by Crippen LogP contribution is 2.44. The Balaban J connectivity index is 1.07. The highest BCUT2D eigenvalue weighted by atomic mass is 16.5. The van der Waals surface area contributed by atoms with Crippen LogP contribution in [0.1, 0.15) is 84.0 Å². The van der Waals surface area contributed by atoms with Gasteiger partial charge in [-0.1, -0.05) is 32.6 Å². The fourth-order valence-electron chi connectivity index (χ4n) is 8.42. The lowest BCUT2D eigenvalue weighted by molar-refractivity contribution is -0.148. The van der Waals surface area contributed by atoms with Gasteiger partial charge in [-0.15, -0.1) is 0 Å². The largest absolute Gasteiger partial charge is 0.481 e. The maximum atomic E-state index is 13.5. The van der Waals surface area contributed by atoms with Gasteiger partial charge < -0.3 is 19.9 Å². The van der Waals surface area contributed by atoms with E-state index >= 15 is 0 Å². The minimum atomic E-state index is -0.666. The van der Waals surface area contributed by atoms with Gasteiger partial charge >= 0.3 is 5.97 Å². The highest BCUT2D eigenvalue weighted by Gasteiger charge is 2.44. The summed E-state index contributed by atoms with van der Waals surface area (Å²) >= 11 is 0. The van der Waals surface area contributed by atoms with E-state index in [4.69, 9.17) is 9.47 Å². The molecule has 2 heterocycles. The highest BCUT2D eigenvalue weighted by molar-refractivity contribution is 5.79. The Bertz CT molecular complexity index is 808. The second-order valence-corrected chi connectivity index (χ2v) is 13.1. The molecule has 0 radical (unpaired) electrons. The Morgan fingerprint density at radius 1 is 0.923 bits per heavy atom. The van der Waals surface area contributed by atoms with Crippen LogP contribution in [0.25, 0.3) is 0 Å². The maximum Gasteiger partial charge on any atom is 0.306 e. The van der Waals surface area contributed by atoms with Crippen LogP contribution < -0.4 is 16.2 Å². The number of rotatable bonds is 9. The number of hydrazine groups is 1. The average molecular weight is 549 g/mol. The van der Waals surface area contributed by atoms with Crippen molar-refractivity contribution in [1.29, 1.82) is 0 Å². The minimum absolute atomic E-state index is 0.0605. The summed E-state index contributed by atoms with van der Waals surface area (Å²) in [7, 11) is 0. The Hall–Kier alpha value is -1.26. The molecule has 0 aromatic carbocycles. The Morgan fingerprint density at radius 3 is 2.33 bits per heavy atom. The molecule has 9 heteroatoms. The molecule has 9 unspecified atom stereocenters. The van der Waals surface area contributed by atoms with Gasteiger partial charge in [0.2, 0.25) is 5.91 Å². The lowest BCUT2D eigenvalue weighted by Gasteiger charge is -2.41. The number of carboxylic acid groups (broad SMARTS) is 1. The van der Waals surface area contributed by atoms with Crippen molar-refractivity contribution >= 4 is 11.9 Å². The molecule has 5 rings (SSSR count). The molecule has 3 aliphatic carbocycles. The lowest BCUT2D eigenvalue weighted by Crippen LogP contribution is -2.50. The van der Waals surface area contributed by atoms with Crippen molar-refractivity contribution in [3.8, 4) is 0 Å². The third-order valence-electron chi connectivity index (χ3n) is 10.6. The van der Waals surface area contributed by atoms with Gasteiger partial charge in [0.25, 0.3) is 0 Å². The molecule has 2 aliphatic heterocycles. The third-order valence-corrected chi connectivity index (χ3v) is 10.6. The number of hydrogen-bond donors (Lipinski definition) is 4. The van der Waals surface area contributed by atoms with E-state index < -0.39 is 5.97 Å². The molecular weight excluding hydrogens is 496 g/mol. The summed E-state index contributed by atoms with van der Waals surface area (Å²) in [5.74, 6) is 0.564. The Labute approximate surface area is 234 Å². The Kier molecular flexibility index (Phi) is 10.6. The molecule has 39 heavy (non-hydrogen) atoms. The van der Waals surface area contributed by atoms with Crippen molar-refractivity contribution in [1.82, 2.24) is 21.1 Å².